The summed E-state index contributed by atoms with van der Waals surface area (Å²) >= 11 is 6.12. The fraction of sp³-hybridized carbons (Fsp3) is 0.500. The lowest BCUT2D eigenvalue weighted by atomic mass is 10.0. The molecule has 0 unspecified atom stereocenters. The summed E-state index contributed by atoms with van der Waals surface area (Å²) in [4.78, 5) is 0. The molecule has 0 N–H and O–H groups in total. The summed E-state index contributed by atoms with van der Waals surface area (Å²) in [5.41, 5.74) is 2.07. The first-order valence-electron chi connectivity index (χ1n) is 4.93. The molecule has 84 valence electrons. The molecule has 0 heterocycles. The molecular formula is C12H17ClO2. The molecule has 15 heavy (non-hydrogen) atoms. The molecule has 0 saturated carbocycles. The Kier molecular flexibility index (Phi) is 4.14. The van der Waals surface area contributed by atoms with Gasteiger partial charge < -0.3 is 9.47 Å². The van der Waals surface area contributed by atoms with E-state index in [4.69, 9.17) is 21.1 Å². The van der Waals surface area contributed by atoms with Crippen LogP contribution in [0.3, 0.4) is 0 Å². The van der Waals surface area contributed by atoms with Crippen molar-refractivity contribution in [3.8, 4) is 0 Å². The minimum absolute atomic E-state index is 0.508. The summed E-state index contributed by atoms with van der Waals surface area (Å²) in [7, 11) is 3.04. The number of hydrogen-bond acceptors (Lipinski definition) is 2. The van der Waals surface area contributed by atoms with Crippen LogP contribution in [-0.2, 0) is 14.7 Å². The van der Waals surface area contributed by atoms with E-state index in [9.17, 15) is 0 Å². The van der Waals surface area contributed by atoms with Gasteiger partial charge in [-0.3, -0.25) is 0 Å². The first-order chi connectivity index (χ1) is 7.03. The molecule has 0 aromatic heterocycles. The summed E-state index contributed by atoms with van der Waals surface area (Å²) in [6, 6.07) is 7.93. The molecule has 3 heteroatoms. The molecule has 0 amide bonds. The monoisotopic (exact) mass is 228 g/mol. The second kappa shape index (κ2) is 4.97. The molecule has 0 aliphatic rings. The first kappa shape index (κ1) is 12.5. The van der Waals surface area contributed by atoms with Gasteiger partial charge in [0.25, 0.3) is 5.25 Å². The average Bonchev–Trinajstić information content (AvgIpc) is 2.28. The number of benzene rings is 1. The van der Waals surface area contributed by atoms with Crippen LogP contribution in [0.25, 0.3) is 0 Å². The van der Waals surface area contributed by atoms with Crippen molar-refractivity contribution in [3.63, 3.8) is 0 Å². The van der Waals surface area contributed by atoms with Gasteiger partial charge in [-0.1, -0.05) is 49.7 Å². The van der Waals surface area contributed by atoms with Crippen LogP contribution >= 0.6 is 11.6 Å². The Balaban J connectivity index is 2.97. The maximum absolute atomic E-state index is 6.12. The predicted octanol–water partition coefficient (Wildman–Crippen LogP) is 3.45. The van der Waals surface area contributed by atoms with Gasteiger partial charge in [-0.15, -0.1) is 0 Å². The van der Waals surface area contributed by atoms with E-state index in [2.05, 4.69) is 13.8 Å². The van der Waals surface area contributed by atoms with Gasteiger partial charge in [-0.25, -0.2) is 0 Å². The Labute approximate surface area is 96.2 Å². The third kappa shape index (κ3) is 2.71. The van der Waals surface area contributed by atoms with E-state index in [1.807, 2.05) is 24.3 Å². The first-order valence-corrected chi connectivity index (χ1v) is 5.31. The lowest BCUT2D eigenvalue weighted by molar-refractivity contribution is -0.147. The number of rotatable bonds is 4. The third-order valence-electron chi connectivity index (χ3n) is 2.45. The van der Waals surface area contributed by atoms with Crippen molar-refractivity contribution in [2.24, 2.45) is 0 Å². The summed E-state index contributed by atoms with van der Waals surface area (Å²) in [6.45, 7) is 4.30. The van der Waals surface area contributed by atoms with Gasteiger partial charge in [0.05, 0.1) is 0 Å². The zero-order valence-corrected chi connectivity index (χ0v) is 10.3. The molecular weight excluding hydrogens is 212 g/mol. The van der Waals surface area contributed by atoms with E-state index in [-0.39, 0.29) is 0 Å². The van der Waals surface area contributed by atoms with Crippen LogP contribution in [0.1, 0.15) is 30.9 Å². The van der Waals surface area contributed by atoms with E-state index in [1.54, 1.807) is 0 Å². The maximum atomic E-state index is 6.12. The Morgan fingerprint density at radius 2 is 1.53 bits per heavy atom. The summed E-state index contributed by atoms with van der Waals surface area (Å²) < 4.78 is 10.2. The molecule has 0 saturated heterocycles. The van der Waals surface area contributed by atoms with Gasteiger partial charge >= 0.3 is 0 Å². The van der Waals surface area contributed by atoms with E-state index in [0.717, 1.165) is 5.56 Å². The molecule has 2 nitrogen and oxygen atoms in total. The number of ether oxygens (including phenoxy) is 2. The van der Waals surface area contributed by atoms with E-state index in [0.29, 0.717) is 5.92 Å². The minimum atomic E-state index is -1.17. The Morgan fingerprint density at radius 3 is 1.87 bits per heavy atom. The zero-order chi connectivity index (χ0) is 11.5. The lowest BCUT2D eigenvalue weighted by Crippen LogP contribution is -2.23. The minimum Gasteiger partial charge on any atom is -0.337 e. The second-order valence-electron chi connectivity index (χ2n) is 3.72. The Hall–Kier alpha value is -0.570. The van der Waals surface area contributed by atoms with Crippen molar-refractivity contribution in [1.82, 2.24) is 0 Å². The highest BCUT2D eigenvalue weighted by Crippen LogP contribution is 2.31. The smallest absolute Gasteiger partial charge is 0.275 e. The lowest BCUT2D eigenvalue weighted by Gasteiger charge is -2.24. The van der Waals surface area contributed by atoms with E-state index in [1.165, 1.54) is 19.8 Å². The Morgan fingerprint density at radius 1 is 1.07 bits per heavy atom. The molecule has 0 aliphatic carbocycles. The van der Waals surface area contributed by atoms with Crippen LogP contribution in [0.2, 0.25) is 0 Å². The van der Waals surface area contributed by atoms with Crippen LogP contribution < -0.4 is 0 Å². The fourth-order valence-corrected chi connectivity index (χ4v) is 1.51. The number of hydrogen-bond donors (Lipinski definition) is 0. The van der Waals surface area contributed by atoms with Gasteiger partial charge in [0.1, 0.15) is 0 Å². The predicted molar refractivity (Wildman–Crippen MR) is 62.1 cm³/mol. The average molecular weight is 229 g/mol. The van der Waals surface area contributed by atoms with Gasteiger partial charge in [0, 0.05) is 19.8 Å². The SMILES string of the molecule is COC(Cl)(OC)c1ccc(C(C)C)cc1. The highest BCUT2D eigenvalue weighted by Gasteiger charge is 2.28. The molecule has 0 atom stereocenters. The van der Waals surface area contributed by atoms with Crippen LogP contribution in [-0.4, -0.2) is 14.2 Å². The van der Waals surface area contributed by atoms with Crippen LogP contribution in [0.5, 0.6) is 0 Å². The van der Waals surface area contributed by atoms with Crippen LogP contribution in [0.15, 0.2) is 24.3 Å². The molecule has 0 fully saturated rings. The maximum Gasteiger partial charge on any atom is 0.275 e. The van der Waals surface area contributed by atoms with E-state index < -0.39 is 5.25 Å². The van der Waals surface area contributed by atoms with Gasteiger partial charge in [-0.05, 0) is 11.5 Å². The largest absolute Gasteiger partial charge is 0.337 e. The van der Waals surface area contributed by atoms with Crippen molar-refractivity contribution in [2.45, 2.75) is 25.0 Å². The molecule has 0 bridgehead atoms. The molecule has 1 aromatic rings. The number of alkyl halides is 1. The van der Waals surface area contributed by atoms with Gasteiger partial charge in [-0.2, -0.15) is 0 Å². The molecule has 0 aliphatic heterocycles. The number of halogens is 1. The highest BCUT2D eigenvalue weighted by atomic mass is 35.5. The third-order valence-corrected chi connectivity index (χ3v) is 2.97. The van der Waals surface area contributed by atoms with Crippen molar-refractivity contribution >= 4 is 11.6 Å². The van der Waals surface area contributed by atoms with Crippen LogP contribution in [0, 0.1) is 0 Å². The van der Waals surface area contributed by atoms with Crippen molar-refractivity contribution in [1.29, 1.82) is 0 Å². The summed E-state index contributed by atoms with van der Waals surface area (Å²) in [6.07, 6.45) is 0. The van der Waals surface area contributed by atoms with Crippen molar-refractivity contribution < 1.29 is 9.47 Å². The standard InChI is InChI=1S/C12H17ClO2/c1-9(2)10-5-7-11(8-6-10)12(13,14-3)15-4/h5-9H,1-4H3. The molecule has 1 rings (SSSR count). The quantitative estimate of drug-likeness (QED) is 0.581. The van der Waals surface area contributed by atoms with Crippen molar-refractivity contribution in [3.05, 3.63) is 35.4 Å². The summed E-state index contributed by atoms with van der Waals surface area (Å²) in [5.74, 6) is 0.508. The number of methoxy groups -OCH3 is 2. The Bertz CT molecular complexity index is 302. The topological polar surface area (TPSA) is 18.5 Å². The van der Waals surface area contributed by atoms with Crippen LogP contribution in [0.4, 0.5) is 0 Å². The fourth-order valence-electron chi connectivity index (χ4n) is 1.39. The van der Waals surface area contributed by atoms with Gasteiger partial charge in [0.15, 0.2) is 0 Å². The van der Waals surface area contributed by atoms with Gasteiger partial charge in [0.2, 0.25) is 0 Å². The normalized spacial score (nSPS) is 12.1. The molecule has 0 spiro atoms. The van der Waals surface area contributed by atoms with Crippen molar-refractivity contribution in [2.75, 3.05) is 14.2 Å². The second-order valence-corrected chi connectivity index (χ2v) is 4.22. The zero-order valence-electron chi connectivity index (χ0n) is 9.58. The molecule has 0 radical (unpaired) electrons. The molecule has 1 aromatic carbocycles. The highest BCUT2D eigenvalue weighted by molar-refractivity contribution is 6.22. The van der Waals surface area contributed by atoms with E-state index >= 15 is 0 Å². The summed E-state index contributed by atoms with van der Waals surface area (Å²) in [5, 5.41) is -1.17.